The quantitative estimate of drug-likeness (QED) is 0.424. The number of Topliss-reactive ketones (excluding diaryl/α,β-unsaturated/α-hetero) is 1. The van der Waals surface area contributed by atoms with Gasteiger partial charge in [-0.3, -0.25) is 9.59 Å². The molecule has 1 rings (SSSR count). The number of ketones is 1. The number of rotatable bonds is 10. The van der Waals surface area contributed by atoms with E-state index in [4.69, 9.17) is 5.11 Å². The van der Waals surface area contributed by atoms with Crippen LogP contribution in [0.2, 0.25) is 0 Å². The number of hydrogen-bond donors (Lipinski definition) is 3. The fourth-order valence-electron chi connectivity index (χ4n) is 2.92. The molecule has 1 aliphatic carbocycles. The summed E-state index contributed by atoms with van der Waals surface area (Å²) in [6.45, 7) is 2.03. The normalized spacial score (nSPS) is 26.4. The number of carbonyl (C=O) groups is 2. The van der Waals surface area contributed by atoms with Gasteiger partial charge < -0.3 is 15.3 Å². The highest BCUT2D eigenvalue weighted by Gasteiger charge is 2.39. The molecule has 0 saturated heterocycles. The summed E-state index contributed by atoms with van der Waals surface area (Å²) in [7, 11) is 0. The van der Waals surface area contributed by atoms with Crippen molar-refractivity contribution in [2.45, 2.75) is 64.1 Å². The van der Waals surface area contributed by atoms with Crippen LogP contribution < -0.4 is 0 Å². The van der Waals surface area contributed by atoms with E-state index in [9.17, 15) is 19.8 Å². The fraction of sp³-hybridized carbons (Fsp3) is 0.667. The minimum absolute atomic E-state index is 0.0155. The van der Waals surface area contributed by atoms with Crippen molar-refractivity contribution >= 4 is 11.8 Å². The van der Waals surface area contributed by atoms with Crippen molar-refractivity contribution in [1.82, 2.24) is 0 Å². The zero-order valence-electron chi connectivity index (χ0n) is 13.7. The van der Waals surface area contributed by atoms with Crippen molar-refractivity contribution < 1.29 is 24.9 Å². The van der Waals surface area contributed by atoms with E-state index in [1.165, 1.54) is 0 Å². The van der Waals surface area contributed by atoms with E-state index in [2.05, 4.69) is 0 Å². The highest BCUT2D eigenvalue weighted by Crippen LogP contribution is 2.33. The molecule has 0 spiro atoms. The lowest BCUT2D eigenvalue weighted by Crippen LogP contribution is -2.19. The molecule has 0 aromatic rings. The first-order valence-electron chi connectivity index (χ1n) is 8.39. The van der Waals surface area contributed by atoms with E-state index in [-0.39, 0.29) is 30.5 Å². The first-order valence-corrected chi connectivity index (χ1v) is 8.39. The van der Waals surface area contributed by atoms with Crippen LogP contribution >= 0.6 is 0 Å². The average Bonchev–Trinajstić information content (AvgIpc) is 2.75. The first kappa shape index (κ1) is 19.6. The number of aliphatic hydroxyl groups is 2. The number of aliphatic hydroxyl groups excluding tert-OH is 2. The van der Waals surface area contributed by atoms with Crippen LogP contribution in [0.5, 0.6) is 0 Å². The maximum atomic E-state index is 12.0. The van der Waals surface area contributed by atoms with Crippen LogP contribution in [0.3, 0.4) is 0 Å². The highest BCUT2D eigenvalue weighted by atomic mass is 16.4. The van der Waals surface area contributed by atoms with Gasteiger partial charge in [-0.05, 0) is 32.1 Å². The Morgan fingerprint density at radius 1 is 1.35 bits per heavy atom. The molecular formula is C18H28O5. The fourth-order valence-corrected chi connectivity index (χ4v) is 2.92. The molecule has 1 aliphatic rings. The molecular weight excluding hydrogens is 296 g/mol. The van der Waals surface area contributed by atoms with E-state index in [1.807, 2.05) is 19.1 Å². The number of aliphatic carboxylic acids is 1. The molecule has 0 aromatic heterocycles. The lowest BCUT2D eigenvalue weighted by Gasteiger charge is -2.17. The van der Waals surface area contributed by atoms with E-state index < -0.39 is 18.2 Å². The minimum atomic E-state index is -0.830. The van der Waals surface area contributed by atoms with E-state index in [1.54, 1.807) is 12.2 Å². The molecule has 0 unspecified atom stereocenters. The Bertz CT molecular complexity index is 441. The molecule has 0 bridgehead atoms. The third-order valence-electron chi connectivity index (χ3n) is 4.23. The first-order chi connectivity index (χ1) is 11.0. The second-order valence-electron chi connectivity index (χ2n) is 6.13. The van der Waals surface area contributed by atoms with Gasteiger partial charge in [0, 0.05) is 24.7 Å². The van der Waals surface area contributed by atoms with Crippen LogP contribution in [0.15, 0.2) is 24.3 Å². The summed E-state index contributed by atoms with van der Waals surface area (Å²) in [4.78, 5) is 22.4. The van der Waals surface area contributed by atoms with Crippen LogP contribution in [0.4, 0.5) is 0 Å². The number of carboxylic acid groups (broad SMARTS) is 1. The molecule has 0 radical (unpaired) electrons. The van der Waals surface area contributed by atoms with E-state index in [0.29, 0.717) is 25.7 Å². The van der Waals surface area contributed by atoms with Gasteiger partial charge >= 0.3 is 5.97 Å². The largest absolute Gasteiger partial charge is 0.481 e. The third-order valence-corrected chi connectivity index (χ3v) is 4.23. The van der Waals surface area contributed by atoms with Crippen LogP contribution in [-0.4, -0.2) is 39.3 Å². The zero-order valence-corrected chi connectivity index (χ0v) is 13.7. The standard InChI is InChI=1S/C18H28O5/c1-2-3-4-8-14-15(17(21)12-16(14)20)11-10-13(19)7-5-6-9-18(22)23/h3-4,10-11,13-16,19-20H,2,5-9,12H2,1H3,(H,22,23)/b4-3-,11-10+/t13-,14+,15-,16-/m0/s1. The summed E-state index contributed by atoms with van der Waals surface area (Å²) in [5.41, 5.74) is 0. The van der Waals surface area contributed by atoms with Gasteiger partial charge in [0.1, 0.15) is 5.78 Å². The number of carboxylic acids is 1. The summed E-state index contributed by atoms with van der Waals surface area (Å²) >= 11 is 0. The zero-order chi connectivity index (χ0) is 17.2. The lowest BCUT2D eigenvalue weighted by molar-refractivity contribution is -0.137. The lowest BCUT2D eigenvalue weighted by atomic mass is 9.90. The highest BCUT2D eigenvalue weighted by molar-refractivity contribution is 5.86. The Balaban J connectivity index is 2.48. The van der Waals surface area contributed by atoms with Crippen molar-refractivity contribution in [1.29, 1.82) is 0 Å². The van der Waals surface area contributed by atoms with Gasteiger partial charge in [0.05, 0.1) is 12.2 Å². The molecule has 1 fully saturated rings. The predicted molar refractivity (Wildman–Crippen MR) is 87.9 cm³/mol. The minimum Gasteiger partial charge on any atom is -0.481 e. The molecule has 0 aliphatic heterocycles. The van der Waals surface area contributed by atoms with Crippen molar-refractivity contribution in [3.05, 3.63) is 24.3 Å². The summed E-state index contributed by atoms with van der Waals surface area (Å²) < 4.78 is 0. The van der Waals surface area contributed by atoms with Gasteiger partial charge in [-0.2, -0.15) is 0 Å². The smallest absolute Gasteiger partial charge is 0.303 e. The topological polar surface area (TPSA) is 94.8 Å². The molecule has 0 aromatic carbocycles. The number of carbonyl (C=O) groups excluding carboxylic acids is 1. The van der Waals surface area contributed by atoms with Crippen LogP contribution in [0, 0.1) is 11.8 Å². The maximum absolute atomic E-state index is 12.0. The second kappa shape index (κ2) is 10.3. The SMILES string of the molecule is CC/C=C\C[C@@H]1[C@H](/C=C/[C@@H](O)CCCCC(=O)O)C(=O)C[C@@H]1O. The molecule has 3 N–H and O–H groups in total. The predicted octanol–water partition coefficient (Wildman–Crippen LogP) is 2.47. The Morgan fingerprint density at radius 2 is 2.09 bits per heavy atom. The Morgan fingerprint density at radius 3 is 2.74 bits per heavy atom. The number of hydrogen-bond acceptors (Lipinski definition) is 4. The molecule has 0 amide bonds. The van der Waals surface area contributed by atoms with Gasteiger partial charge in [0.25, 0.3) is 0 Å². The van der Waals surface area contributed by atoms with Crippen molar-refractivity contribution in [3.63, 3.8) is 0 Å². The van der Waals surface area contributed by atoms with Crippen molar-refractivity contribution in [2.75, 3.05) is 0 Å². The van der Waals surface area contributed by atoms with Crippen LogP contribution in [0.25, 0.3) is 0 Å². The van der Waals surface area contributed by atoms with Gasteiger partial charge in [-0.1, -0.05) is 31.2 Å². The van der Waals surface area contributed by atoms with Gasteiger partial charge in [-0.15, -0.1) is 0 Å². The Hall–Kier alpha value is -1.46. The summed E-state index contributed by atoms with van der Waals surface area (Å²) in [6.07, 6.45) is 9.54. The third kappa shape index (κ3) is 7.10. The van der Waals surface area contributed by atoms with Crippen molar-refractivity contribution in [3.8, 4) is 0 Å². The summed E-state index contributed by atoms with van der Waals surface area (Å²) in [5.74, 6) is -1.29. The summed E-state index contributed by atoms with van der Waals surface area (Å²) in [6, 6.07) is 0. The molecule has 5 nitrogen and oxygen atoms in total. The Labute approximate surface area is 137 Å². The molecule has 5 heteroatoms. The van der Waals surface area contributed by atoms with Gasteiger partial charge in [0.2, 0.25) is 0 Å². The number of unbranched alkanes of at least 4 members (excludes halogenated alkanes) is 1. The van der Waals surface area contributed by atoms with Gasteiger partial charge in [0.15, 0.2) is 0 Å². The average molecular weight is 324 g/mol. The van der Waals surface area contributed by atoms with E-state index >= 15 is 0 Å². The van der Waals surface area contributed by atoms with Crippen molar-refractivity contribution in [2.24, 2.45) is 11.8 Å². The molecule has 130 valence electrons. The van der Waals surface area contributed by atoms with Gasteiger partial charge in [-0.25, -0.2) is 0 Å². The summed E-state index contributed by atoms with van der Waals surface area (Å²) in [5, 5.41) is 28.5. The van der Waals surface area contributed by atoms with E-state index in [0.717, 1.165) is 6.42 Å². The molecule has 1 saturated carbocycles. The van der Waals surface area contributed by atoms with Crippen LogP contribution in [0.1, 0.15) is 51.9 Å². The maximum Gasteiger partial charge on any atom is 0.303 e. The monoisotopic (exact) mass is 324 g/mol. The second-order valence-corrected chi connectivity index (χ2v) is 6.13. The Kier molecular flexibility index (Phi) is 8.81. The molecule has 0 heterocycles. The number of allylic oxidation sites excluding steroid dienone is 3. The van der Waals surface area contributed by atoms with Crippen LogP contribution in [-0.2, 0) is 9.59 Å². The molecule has 23 heavy (non-hydrogen) atoms. The molecule has 4 atom stereocenters.